The highest BCUT2D eigenvalue weighted by Crippen LogP contribution is 2.39. The van der Waals surface area contributed by atoms with Gasteiger partial charge < -0.3 is 10.4 Å². The SMILES string of the molecule is Cc1cc(C)cc(CCC(=O)NCC2(CO)CCC2)c1. The summed E-state index contributed by atoms with van der Waals surface area (Å²) in [5.74, 6) is 0.0869. The Balaban J connectivity index is 1.77. The van der Waals surface area contributed by atoms with E-state index in [0.29, 0.717) is 13.0 Å². The van der Waals surface area contributed by atoms with Crippen molar-refractivity contribution in [3.8, 4) is 0 Å². The second kappa shape index (κ2) is 6.40. The molecule has 0 heterocycles. The first-order valence-electron chi connectivity index (χ1n) is 7.48. The van der Waals surface area contributed by atoms with Gasteiger partial charge in [-0.3, -0.25) is 4.79 Å². The molecule has 110 valence electrons. The van der Waals surface area contributed by atoms with Gasteiger partial charge in [0, 0.05) is 18.4 Å². The van der Waals surface area contributed by atoms with Crippen molar-refractivity contribution >= 4 is 5.91 Å². The summed E-state index contributed by atoms with van der Waals surface area (Å²) in [5, 5.41) is 12.3. The van der Waals surface area contributed by atoms with Crippen LogP contribution in [-0.2, 0) is 11.2 Å². The molecule has 1 saturated carbocycles. The van der Waals surface area contributed by atoms with Gasteiger partial charge in [-0.1, -0.05) is 35.7 Å². The first kappa shape index (κ1) is 15.0. The molecule has 2 rings (SSSR count). The molecule has 0 saturated heterocycles. The van der Waals surface area contributed by atoms with Gasteiger partial charge in [0.05, 0.1) is 6.61 Å². The van der Waals surface area contributed by atoms with Crippen LogP contribution < -0.4 is 5.32 Å². The first-order valence-corrected chi connectivity index (χ1v) is 7.48. The van der Waals surface area contributed by atoms with E-state index in [2.05, 4.69) is 37.4 Å². The lowest BCUT2D eigenvalue weighted by atomic mass is 9.69. The van der Waals surface area contributed by atoms with Crippen molar-refractivity contribution in [1.29, 1.82) is 0 Å². The maximum Gasteiger partial charge on any atom is 0.220 e. The topological polar surface area (TPSA) is 49.3 Å². The molecular weight excluding hydrogens is 250 g/mol. The van der Waals surface area contributed by atoms with Gasteiger partial charge in [0.15, 0.2) is 0 Å². The van der Waals surface area contributed by atoms with Crippen molar-refractivity contribution in [3.63, 3.8) is 0 Å². The predicted molar refractivity (Wildman–Crippen MR) is 80.6 cm³/mol. The minimum Gasteiger partial charge on any atom is -0.396 e. The number of rotatable bonds is 6. The molecule has 1 aromatic rings. The monoisotopic (exact) mass is 275 g/mol. The molecule has 0 atom stereocenters. The molecule has 1 aliphatic rings. The van der Waals surface area contributed by atoms with E-state index in [-0.39, 0.29) is 17.9 Å². The Labute approximate surface area is 121 Å². The molecule has 0 radical (unpaired) electrons. The molecule has 2 N–H and O–H groups in total. The van der Waals surface area contributed by atoms with Crippen molar-refractivity contribution in [1.82, 2.24) is 5.32 Å². The fourth-order valence-electron chi connectivity index (χ4n) is 2.91. The van der Waals surface area contributed by atoms with E-state index in [4.69, 9.17) is 0 Å². The minimum atomic E-state index is -0.0322. The molecule has 3 nitrogen and oxygen atoms in total. The average molecular weight is 275 g/mol. The lowest BCUT2D eigenvalue weighted by Crippen LogP contribution is -2.44. The van der Waals surface area contributed by atoms with Crippen LogP contribution in [0.1, 0.15) is 42.4 Å². The Morgan fingerprint density at radius 2 is 1.90 bits per heavy atom. The molecule has 0 aromatic heterocycles. The largest absolute Gasteiger partial charge is 0.396 e. The second-order valence-corrected chi connectivity index (χ2v) is 6.28. The predicted octanol–water partition coefficient (Wildman–Crippen LogP) is 2.51. The van der Waals surface area contributed by atoms with Gasteiger partial charge in [0.1, 0.15) is 0 Å². The van der Waals surface area contributed by atoms with Gasteiger partial charge >= 0.3 is 0 Å². The number of amides is 1. The quantitative estimate of drug-likeness (QED) is 0.838. The Morgan fingerprint density at radius 3 is 2.40 bits per heavy atom. The van der Waals surface area contributed by atoms with E-state index < -0.39 is 0 Å². The fourth-order valence-corrected chi connectivity index (χ4v) is 2.91. The smallest absolute Gasteiger partial charge is 0.220 e. The molecule has 20 heavy (non-hydrogen) atoms. The number of carbonyl (C=O) groups is 1. The number of nitrogens with one attached hydrogen (secondary N) is 1. The van der Waals surface area contributed by atoms with Crippen LogP contribution in [0, 0.1) is 19.3 Å². The van der Waals surface area contributed by atoms with Crippen LogP contribution in [0.15, 0.2) is 18.2 Å². The summed E-state index contributed by atoms with van der Waals surface area (Å²) >= 11 is 0. The average Bonchev–Trinajstić information content (AvgIpc) is 2.34. The summed E-state index contributed by atoms with van der Waals surface area (Å²) in [5.41, 5.74) is 3.68. The Bertz CT molecular complexity index is 452. The highest BCUT2D eigenvalue weighted by Gasteiger charge is 2.36. The molecular formula is C17H25NO2. The van der Waals surface area contributed by atoms with Crippen molar-refractivity contribution in [2.45, 2.75) is 46.0 Å². The van der Waals surface area contributed by atoms with Crippen LogP contribution in [0.5, 0.6) is 0 Å². The molecule has 1 aromatic carbocycles. The molecule has 1 aliphatic carbocycles. The van der Waals surface area contributed by atoms with Crippen molar-refractivity contribution in [2.75, 3.05) is 13.2 Å². The van der Waals surface area contributed by atoms with Crippen LogP contribution in [0.25, 0.3) is 0 Å². The third-order valence-corrected chi connectivity index (χ3v) is 4.33. The normalized spacial score (nSPS) is 16.6. The van der Waals surface area contributed by atoms with Gasteiger partial charge in [-0.25, -0.2) is 0 Å². The van der Waals surface area contributed by atoms with Crippen LogP contribution in [0.2, 0.25) is 0 Å². The molecule has 0 unspecified atom stereocenters. The highest BCUT2D eigenvalue weighted by atomic mass is 16.3. The second-order valence-electron chi connectivity index (χ2n) is 6.28. The summed E-state index contributed by atoms with van der Waals surface area (Å²) < 4.78 is 0. The van der Waals surface area contributed by atoms with Crippen molar-refractivity contribution in [3.05, 3.63) is 34.9 Å². The molecule has 1 amide bonds. The van der Waals surface area contributed by atoms with Crippen LogP contribution in [0.4, 0.5) is 0 Å². The zero-order valence-corrected chi connectivity index (χ0v) is 12.5. The maximum atomic E-state index is 11.9. The van der Waals surface area contributed by atoms with E-state index in [9.17, 15) is 9.90 Å². The molecule has 0 bridgehead atoms. The maximum absolute atomic E-state index is 11.9. The van der Waals surface area contributed by atoms with E-state index >= 15 is 0 Å². The lowest BCUT2D eigenvalue weighted by molar-refractivity contribution is -0.122. The zero-order chi connectivity index (χ0) is 14.6. The van der Waals surface area contributed by atoms with E-state index in [0.717, 1.165) is 19.3 Å². The standard InChI is InChI=1S/C17H25NO2/c1-13-8-14(2)10-15(9-13)4-5-16(20)18-11-17(12-19)6-3-7-17/h8-10,19H,3-7,11-12H2,1-2H3,(H,18,20). The van der Waals surface area contributed by atoms with Crippen LogP contribution >= 0.6 is 0 Å². The van der Waals surface area contributed by atoms with Gasteiger partial charge in [0.25, 0.3) is 0 Å². The molecule has 1 fully saturated rings. The van der Waals surface area contributed by atoms with Gasteiger partial charge in [-0.2, -0.15) is 0 Å². The Morgan fingerprint density at radius 1 is 1.25 bits per heavy atom. The molecule has 3 heteroatoms. The summed E-state index contributed by atoms with van der Waals surface area (Å²) in [6, 6.07) is 6.42. The van der Waals surface area contributed by atoms with E-state index in [1.165, 1.54) is 23.1 Å². The lowest BCUT2D eigenvalue weighted by Gasteiger charge is -2.40. The number of aliphatic hydroxyl groups excluding tert-OH is 1. The first-order chi connectivity index (χ1) is 9.53. The Kier molecular flexibility index (Phi) is 4.81. The summed E-state index contributed by atoms with van der Waals surface area (Å²) in [7, 11) is 0. The summed E-state index contributed by atoms with van der Waals surface area (Å²) in [6.07, 6.45) is 4.52. The van der Waals surface area contributed by atoms with Gasteiger partial charge in [0.2, 0.25) is 5.91 Å². The number of hydrogen-bond donors (Lipinski definition) is 2. The van der Waals surface area contributed by atoms with Crippen LogP contribution in [-0.4, -0.2) is 24.2 Å². The Hall–Kier alpha value is -1.35. The molecule has 0 aliphatic heterocycles. The number of aryl methyl sites for hydroxylation is 3. The number of hydrogen-bond acceptors (Lipinski definition) is 2. The third kappa shape index (κ3) is 3.83. The summed E-state index contributed by atoms with van der Waals surface area (Å²) in [4.78, 5) is 11.9. The summed E-state index contributed by atoms with van der Waals surface area (Å²) in [6.45, 7) is 4.97. The number of aliphatic hydroxyl groups is 1. The van der Waals surface area contributed by atoms with Gasteiger partial charge in [-0.15, -0.1) is 0 Å². The van der Waals surface area contributed by atoms with Crippen molar-refractivity contribution < 1.29 is 9.90 Å². The number of carbonyl (C=O) groups excluding carboxylic acids is 1. The fraction of sp³-hybridized carbons (Fsp3) is 0.588. The van der Waals surface area contributed by atoms with E-state index in [1.54, 1.807) is 0 Å². The van der Waals surface area contributed by atoms with E-state index in [1.807, 2.05) is 0 Å². The highest BCUT2D eigenvalue weighted by molar-refractivity contribution is 5.76. The zero-order valence-electron chi connectivity index (χ0n) is 12.5. The van der Waals surface area contributed by atoms with Crippen LogP contribution in [0.3, 0.4) is 0 Å². The third-order valence-electron chi connectivity index (χ3n) is 4.33. The molecule has 0 spiro atoms. The van der Waals surface area contributed by atoms with Gasteiger partial charge in [-0.05, 0) is 38.7 Å². The number of benzene rings is 1. The van der Waals surface area contributed by atoms with Crippen molar-refractivity contribution in [2.24, 2.45) is 5.41 Å². The minimum absolute atomic E-state index is 0.0322.